The largest absolute Gasteiger partial charge is 0.481 e. The van der Waals surface area contributed by atoms with Crippen molar-refractivity contribution in [2.75, 3.05) is 18.0 Å². The molecule has 21 heavy (non-hydrogen) atoms. The number of nitrogens with zero attached hydrogens (tertiary/aromatic N) is 3. The van der Waals surface area contributed by atoms with Crippen molar-refractivity contribution < 1.29 is 14.8 Å². The number of pyridine rings is 1. The van der Waals surface area contributed by atoms with Gasteiger partial charge in [0.2, 0.25) is 0 Å². The van der Waals surface area contributed by atoms with E-state index in [4.69, 9.17) is 0 Å². The summed E-state index contributed by atoms with van der Waals surface area (Å²) in [6, 6.07) is 0. The highest BCUT2D eigenvalue weighted by atomic mass is 79.9. The maximum Gasteiger partial charge on any atom is 0.311 e. The van der Waals surface area contributed by atoms with E-state index in [0.717, 1.165) is 0 Å². The van der Waals surface area contributed by atoms with Gasteiger partial charge >= 0.3 is 11.7 Å². The molecule has 1 aliphatic heterocycles. The van der Waals surface area contributed by atoms with Gasteiger partial charge in [-0.15, -0.1) is 0 Å². The standard InChI is InChI=1S/C13H16BrN3O4/c1-2-13(12(18)19)4-3-5-16(8-13)11-9(14)6-15-7-10(11)17(20)21/h6-7H,2-5,8H2,1H3,(H,18,19). The zero-order valence-electron chi connectivity index (χ0n) is 11.6. The maximum atomic E-state index is 11.6. The second kappa shape index (κ2) is 5.97. The lowest BCUT2D eigenvalue weighted by Gasteiger charge is -2.40. The van der Waals surface area contributed by atoms with Crippen molar-refractivity contribution in [1.82, 2.24) is 4.98 Å². The highest BCUT2D eigenvalue weighted by Gasteiger charge is 2.42. The lowest BCUT2D eigenvalue weighted by Crippen LogP contribution is -2.47. The van der Waals surface area contributed by atoms with Gasteiger partial charge in [-0.25, -0.2) is 0 Å². The van der Waals surface area contributed by atoms with Gasteiger partial charge in [-0.1, -0.05) is 6.92 Å². The fraction of sp³-hybridized carbons (Fsp3) is 0.538. The van der Waals surface area contributed by atoms with Crippen LogP contribution in [0.5, 0.6) is 0 Å². The molecule has 0 saturated carbocycles. The lowest BCUT2D eigenvalue weighted by atomic mass is 9.77. The van der Waals surface area contributed by atoms with Crippen LogP contribution in [0.4, 0.5) is 11.4 Å². The average molecular weight is 358 g/mol. The summed E-state index contributed by atoms with van der Waals surface area (Å²) >= 11 is 3.29. The summed E-state index contributed by atoms with van der Waals surface area (Å²) in [5.41, 5.74) is -0.551. The minimum absolute atomic E-state index is 0.110. The molecule has 8 heteroatoms. The Morgan fingerprint density at radius 3 is 2.90 bits per heavy atom. The van der Waals surface area contributed by atoms with Crippen molar-refractivity contribution in [3.63, 3.8) is 0 Å². The van der Waals surface area contributed by atoms with Crippen LogP contribution in [0.2, 0.25) is 0 Å². The predicted octanol–water partition coefficient (Wildman–Crippen LogP) is 2.83. The van der Waals surface area contributed by atoms with Gasteiger partial charge < -0.3 is 10.0 Å². The van der Waals surface area contributed by atoms with E-state index in [-0.39, 0.29) is 12.2 Å². The fourth-order valence-corrected chi connectivity index (χ4v) is 3.37. The summed E-state index contributed by atoms with van der Waals surface area (Å²) in [4.78, 5) is 27.9. The van der Waals surface area contributed by atoms with Crippen molar-refractivity contribution in [3.8, 4) is 0 Å². The van der Waals surface area contributed by atoms with E-state index < -0.39 is 16.3 Å². The number of aromatic nitrogens is 1. The summed E-state index contributed by atoms with van der Waals surface area (Å²) in [7, 11) is 0. The molecule has 0 amide bonds. The molecule has 7 nitrogen and oxygen atoms in total. The molecule has 1 atom stereocenters. The Morgan fingerprint density at radius 2 is 2.33 bits per heavy atom. The van der Waals surface area contributed by atoms with E-state index in [1.54, 1.807) is 4.90 Å². The van der Waals surface area contributed by atoms with Gasteiger partial charge in [-0.05, 0) is 35.2 Å². The molecule has 1 aliphatic rings. The van der Waals surface area contributed by atoms with Gasteiger partial charge in [-0.2, -0.15) is 0 Å². The zero-order valence-corrected chi connectivity index (χ0v) is 13.2. The first-order valence-corrected chi connectivity index (χ1v) is 7.47. The number of aliphatic carboxylic acids is 1. The highest BCUT2D eigenvalue weighted by Crippen LogP contribution is 2.41. The molecule has 1 unspecified atom stereocenters. The molecule has 1 aromatic rings. The predicted molar refractivity (Wildman–Crippen MR) is 80.4 cm³/mol. The molecule has 2 heterocycles. The monoisotopic (exact) mass is 357 g/mol. The molecule has 0 spiro atoms. The van der Waals surface area contributed by atoms with Crippen LogP contribution in [0, 0.1) is 15.5 Å². The van der Waals surface area contributed by atoms with Crippen molar-refractivity contribution >= 4 is 33.3 Å². The first-order chi connectivity index (χ1) is 9.91. The van der Waals surface area contributed by atoms with E-state index >= 15 is 0 Å². The Morgan fingerprint density at radius 1 is 1.62 bits per heavy atom. The molecule has 0 radical (unpaired) electrons. The van der Waals surface area contributed by atoms with Crippen LogP contribution < -0.4 is 4.90 Å². The van der Waals surface area contributed by atoms with Gasteiger partial charge in [-0.3, -0.25) is 19.9 Å². The molecular formula is C13H16BrN3O4. The molecule has 0 aliphatic carbocycles. The maximum absolute atomic E-state index is 11.6. The van der Waals surface area contributed by atoms with Crippen LogP contribution in [0.3, 0.4) is 0 Å². The quantitative estimate of drug-likeness (QED) is 0.657. The molecule has 1 aromatic heterocycles. The number of anilines is 1. The Hall–Kier alpha value is -1.70. The van der Waals surface area contributed by atoms with E-state index in [2.05, 4.69) is 20.9 Å². The molecule has 1 saturated heterocycles. The number of piperidine rings is 1. The van der Waals surface area contributed by atoms with Gasteiger partial charge in [0.15, 0.2) is 0 Å². The third-order valence-electron chi connectivity index (χ3n) is 4.07. The van der Waals surface area contributed by atoms with Gasteiger partial charge in [0, 0.05) is 19.3 Å². The van der Waals surface area contributed by atoms with Crippen LogP contribution >= 0.6 is 15.9 Å². The van der Waals surface area contributed by atoms with Crippen LogP contribution in [0.25, 0.3) is 0 Å². The van der Waals surface area contributed by atoms with Crippen molar-refractivity contribution in [2.24, 2.45) is 5.41 Å². The molecular weight excluding hydrogens is 342 g/mol. The molecule has 1 fully saturated rings. The van der Waals surface area contributed by atoms with Crippen molar-refractivity contribution in [3.05, 3.63) is 27.0 Å². The molecule has 0 aromatic carbocycles. The zero-order chi connectivity index (χ0) is 15.6. The van der Waals surface area contributed by atoms with Gasteiger partial charge in [0.1, 0.15) is 11.9 Å². The van der Waals surface area contributed by atoms with E-state index in [1.165, 1.54) is 12.4 Å². The van der Waals surface area contributed by atoms with Gasteiger partial charge in [0.05, 0.1) is 14.8 Å². The summed E-state index contributed by atoms with van der Waals surface area (Å²) in [5, 5.41) is 20.7. The third-order valence-corrected chi connectivity index (χ3v) is 4.65. The highest BCUT2D eigenvalue weighted by molar-refractivity contribution is 9.10. The second-order valence-corrected chi connectivity index (χ2v) is 6.06. The Kier molecular flexibility index (Phi) is 4.46. The minimum Gasteiger partial charge on any atom is -0.481 e. The topological polar surface area (TPSA) is 96.6 Å². The smallest absolute Gasteiger partial charge is 0.311 e. The van der Waals surface area contributed by atoms with E-state index in [1.807, 2.05) is 6.92 Å². The number of carboxylic acid groups (broad SMARTS) is 1. The summed E-state index contributed by atoms with van der Waals surface area (Å²) in [5.74, 6) is -0.845. The number of hydrogen-bond acceptors (Lipinski definition) is 5. The third kappa shape index (κ3) is 2.85. The number of rotatable bonds is 4. The second-order valence-electron chi connectivity index (χ2n) is 5.21. The number of carbonyl (C=O) groups is 1. The molecule has 1 N–H and O–H groups in total. The number of carboxylic acids is 1. The number of halogens is 1. The van der Waals surface area contributed by atoms with Crippen LogP contribution in [-0.4, -0.2) is 34.1 Å². The fourth-order valence-electron chi connectivity index (χ4n) is 2.80. The lowest BCUT2D eigenvalue weighted by molar-refractivity contribution is -0.384. The van der Waals surface area contributed by atoms with E-state index in [9.17, 15) is 20.0 Å². The first kappa shape index (κ1) is 15.7. The molecule has 2 rings (SSSR count). The van der Waals surface area contributed by atoms with Gasteiger partial charge in [0.25, 0.3) is 0 Å². The Bertz CT molecular complexity index is 581. The SMILES string of the molecule is CCC1(C(=O)O)CCCN(c2c(Br)cncc2[N+](=O)[O-])C1. The minimum atomic E-state index is -0.852. The average Bonchev–Trinajstić information content (AvgIpc) is 2.46. The summed E-state index contributed by atoms with van der Waals surface area (Å²) < 4.78 is 0.508. The van der Waals surface area contributed by atoms with Crippen LogP contribution in [-0.2, 0) is 4.79 Å². The Balaban J connectivity index is 2.43. The van der Waals surface area contributed by atoms with E-state index in [0.29, 0.717) is 36.0 Å². The number of nitro groups is 1. The summed E-state index contributed by atoms with van der Waals surface area (Å²) in [6.07, 6.45) is 4.46. The molecule has 114 valence electrons. The van der Waals surface area contributed by atoms with Crippen LogP contribution in [0.15, 0.2) is 16.9 Å². The Labute approximate surface area is 130 Å². The normalized spacial score (nSPS) is 22.1. The van der Waals surface area contributed by atoms with Crippen molar-refractivity contribution in [1.29, 1.82) is 0 Å². The molecule has 0 bridgehead atoms. The van der Waals surface area contributed by atoms with Crippen molar-refractivity contribution in [2.45, 2.75) is 26.2 Å². The van der Waals surface area contributed by atoms with Crippen LogP contribution in [0.1, 0.15) is 26.2 Å². The number of hydrogen-bond donors (Lipinski definition) is 1. The first-order valence-electron chi connectivity index (χ1n) is 6.67. The summed E-state index contributed by atoms with van der Waals surface area (Å²) in [6.45, 7) is 2.70.